The first-order valence-corrected chi connectivity index (χ1v) is 13.0. The fourth-order valence-electron chi connectivity index (χ4n) is 4.68. The Morgan fingerprint density at radius 2 is 1.90 bits per heavy atom. The van der Waals surface area contributed by atoms with E-state index in [0.717, 1.165) is 51.1 Å². The van der Waals surface area contributed by atoms with Gasteiger partial charge in [-0.25, -0.2) is 0 Å². The van der Waals surface area contributed by atoms with Gasteiger partial charge < -0.3 is 19.0 Å². The summed E-state index contributed by atoms with van der Waals surface area (Å²) in [6, 6.07) is 9.07. The van der Waals surface area contributed by atoms with E-state index in [1.807, 2.05) is 18.2 Å². The third-order valence-corrected chi connectivity index (χ3v) is 6.94. The highest BCUT2D eigenvalue weighted by atomic mass is 19.3. The molecule has 0 bridgehead atoms. The van der Waals surface area contributed by atoms with E-state index in [0.29, 0.717) is 22.4 Å². The SMILES string of the molecule is CCCN1CCN(c2ccc(C(C)(C)C=O)c(C(=O)N(C)Cc3ccc(-c4nnc(C(F)F)o4)cn3)c2)CC1. The first-order chi connectivity index (χ1) is 18.6. The van der Waals surface area contributed by atoms with Crippen molar-refractivity contribution in [3.8, 4) is 11.5 Å². The van der Waals surface area contributed by atoms with Crippen LogP contribution in [0.25, 0.3) is 11.5 Å². The number of benzene rings is 1. The zero-order valence-electron chi connectivity index (χ0n) is 22.7. The van der Waals surface area contributed by atoms with E-state index < -0.39 is 17.7 Å². The fourth-order valence-corrected chi connectivity index (χ4v) is 4.68. The Labute approximate surface area is 226 Å². The molecule has 0 radical (unpaired) electrons. The van der Waals surface area contributed by atoms with E-state index >= 15 is 0 Å². The highest BCUT2D eigenvalue weighted by Gasteiger charge is 2.29. The Hall–Kier alpha value is -3.73. The molecule has 1 fully saturated rings. The molecule has 4 rings (SSSR count). The molecular formula is C28H34F2N6O3. The fraction of sp³-hybridized carbons (Fsp3) is 0.464. The lowest BCUT2D eigenvalue weighted by Gasteiger charge is -2.36. The maximum Gasteiger partial charge on any atom is 0.314 e. The van der Waals surface area contributed by atoms with Crippen molar-refractivity contribution in [3.63, 3.8) is 0 Å². The predicted molar refractivity (Wildman–Crippen MR) is 143 cm³/mol. The summed E-state index contributed by atoms with van der Waals surface area (Å²) < 4.78 is 30.5. The number of carbonyl (C=O) groups is 2. The summed E-state index contributed by atoms with van der Waals surface area (Å²) in [6.07, 6.45) is 0.570. The zero-order chi connectivity index (χ0) is 28.2. The van der Waals surface area contributed by atoms with Gasteiger partial charge in [0.1, 0.15) is 6.29 Å². The molecule has 39 heavy (non-hydrogen) atoms. The highest BCUT2D eigenvalue weighted by molar-refractivity contribution is 5.98. The number of anilines is 1. The maximum absolute atomic E-state index is 13.7. The smallest absolute Gasteiger partial charge is 0.314 e. The van der Waals surface area contributed by atoms with Crippen molar-refractivity contribution in [2.75, 3.05) is 44.7 Å². The van der Waals surface area contributed by atoms with Crippen molar-refractivity contribution in [3.05, 3.63) is 59.2 Å². The quantitative estimate of drug-likeness (QED) is 0.350. The molecule has 9 nitrogen and oxygen atoms in total. The third kappa shape index (κ3) is 6.47. The van der Waals surface area contributed by atoms with Gasteiger partial charge in [-0.3, -0.25) is 14.7 Å². The Morgan fingerprint density at radius 3 is 2.49 bits per heavy atom. The molecule has 1 aliphatic rings. The number of rotatable bonds is 10. The zero-order valence-corrected chi connectivity index (χ0v) is 22.7. The number of carbonyl (C=O) groups excluding carboxylic acids is 2. The van der Waals surface area contributed by atoms with Gasteiger partial charge in [0.05, 0.1) is 17.8 Å². The van der Waals surface area contributed by atoms with Gasteiger partial charge in [-0.1, -0.05) is 13.0 Å². The standard InChI is InChI=1S/C28H34F2N6O3/c1-5-10-35-11-13-36(14-12-35)21-8-9-23(28(2,3)18-37)22(15-21)27(38)34(4)17-20-7-6-19(16-31-20)25-32-33-26(39-25)24(29)30/h6-9,15-16,18,24H,5,10-14,17H2,1-4H3. The van der Waals surface area contributed by atoms with Gasteiger partial charge >= 0.3 is 6.43 Å². The molecule has 208 valence electrons. The molecule has 1 saturated heterocycles. The first kappa shape index (κ1) is 28.3. The van der Waals surface area contributed by atoms with Crippen LogP contribution in [-0.4, -0.2) is 76.9 Å². The van der Waals surface area contributed by atoms with Crippen LogP contribution in [0.15, 0.2) is 40.9 Å². The van der Waals surface area contributed by atoms with Gasteiger partial charge in [0.25, 0.3) is 11.8 Å². The molecule has 2 aromatic heterocycles. The van der Waals surface area contributed by atoms with Crippen molar-refractivity contribution >= 4 is 17.9 Å². The monoisotopic (exact) mass is 540 g/mol. The number of amides is 1. The number of nitrogens with zero attached hydrogens (tertiary/aromatic N) is 6. The minimum absolute atomic E-state index is 0.0538. The van der Waals surface area contributed by atoms with E-state index in [9.17, 15) is 18.4 Å². The number of hydrogen-bond donors (Lipinski definition) is 0. The summed E-state index contributed by atoms with van der Waals surface area (Å²) >= 11 is 0. The van der Waals surface area contributed by atoms with Crippen LogP contribution in [0.2, 0.25) is 0 Å². The van der Waals surface area contributed by atoms with Gasteiger partial charge in [0.15, 0.2) is 0 Å². The molecule has 1 aromatic carbocycles. The Morgan fingerprint density at radius 1 is 1.15 bits per heavy atom. The number of hydrogen-bond acceptors (Lipinski definition) is 8. The van der Waals surface area contributed by atoms with E-state index in [2.05, 4.69) is 31.9 Å². The molecule has 0 spiro atoms. The van der Waals surface area contributed by atoms with Gasteiger partial charge in [-0.15, -0.1) is 10.2 Å². The normalized spacial score (nSPS) is 14.6. The lowest BCUT2D eigenvalue weighted by Crippen LogP contribution is -2.46. The van der Waals surface area contributed by atoms with E-state index in [1.165, 1.54) is 6.20 Å². The molecule has 0 unspecified atom stereocenters. The van der Waals surface area contributed by atoms with Crippen LogP contribution in [0, 0.1) is 0 Å². The summed E-state index contributed by atoms with van der Waals surface area (Å²) in [4.78, 5) is 36.2. The summed E-state index contributed by atoms with van der Waals surface area (Å²) in [5.74, 6) is -1.03. The van der Waals surface area contributed by atoms with Gasteiger partial charge in [0.2, 0.25) is 5.89 Å². The van der Waals surface area contributed by atoms with E-state index in [-0.39, 0.29) is 18.3 Å². The van der Waals surface area contributed by atoms with Gasteiger partial charge in [-0.05, 0) is 56.6 Å². The summed E-state index contributed by atoms with van der Waals surface area (Å²) in [7, 11) is 1.68. The molecule has 0 saturated carbocycles. The molecule has 3 heterocycles. The van der Waals surface area contributed by atoms with Crippen LogP contribution in [0.5, 0.6) is 0 Å². The van der Waals surface area contributed by atoms with Crippen molar-refractivity contribution in [2.45, 2.75) is 45.6 Å². The number of alkyl halides is 2. The topological polar surface area (TPSA) is 95.7 Å². The van der Waals surface area contributed by atoms with Crippen LogP contribution in [-0.2, 0) is 16.8 Å². The average Bonchev–Trinajstić information content (AvgIpc) is 3.44. The van der Waals surface area contributed by atoms with Crippen molar-refractivity contribution in [1.82, 2.24) is 25.0 Å². The van der Waals surface area contributed by atoms with Gasteiger partial charge in [0, 0.05) is 56.1 Å². The molecule has 0 aliphatic carbocycles. The van der Waals surface area contributed by atoms with Crippen LogP contribution in [0.1, 0.15) is 61.1 Å². The Kier molecular flexibility index (Phi) is 8.69. The molecule has 1 aliphatic heterocycles. The van der Waals surface area contributed by atoms with E-state index in [1.54, 1.807) is 37.9 Å². The lowest BCUT2D eigenvalue weighted by molar-refractivity contribution is -0.111. The number of halogens is 2. The summed E-state index contributed by atoms with van der Waals surface area (Å²) in [5, 5.41) is 6.96. The van der Waals surface area contributed by atoms with Crippen LogP contribution in [0.3, 0.4) is 0 Å². The average molecular weight is 541 g/mol. The minimum atomic E-state index is -2.85. The molecule has 1 amide bonds. The molecule has 0 N–H and O–H groups in total. The number of pyridine rings is 1. The summed E-state index contributed by atoms with van der Waals surface area (Å²) in [5.41, 5.74) is 2.24. The predicted octanol–water partition coefficient (Wildman–Crippen LogP) is 4.35. The summed E-state index contributed by atoms with van der Waals surface area (Å²) in [6.45, 7) is 10.7. The second kappa shape index (κ2) is 12.0. The van der Waals surface area contributed by atoms with Crippen molar-refractivity contribution in [1.29, 1.82) is 0 Å². The molecule has 3 aromatic rings. The van der Waals surface area contributed by atoms with Crippen molar-refractivity contribution in [2.24, 2.45) is 0 Å². The molecule has 11 heteroatoms. The van der Waals surface area contributed by atoms with Crippen molar-refractivity contribution < 1.29 is 22.8 Å². The maximum atomic E-state index is 13.7. The molecule has 0 atom stereocenters. The van der Waals surface area contributed by atoms with Gasteiger partial charge in [-0.2, -0.15) is 8.78 Å². The first-order valence-electron chi connectivity index (χ1n) is 13.0. The van der Waals surface area contributed by atoms with Crippen LogP contribution < -0.4 is 4.90 Å². The van der Waals surface area contributed by atoms with Crippen LogP contribution in [0.4, 0.5) is 14.5 Å². The Balaban J connectivity index is 1.53. The second-order valence-electron chi connectivity index (χ2n) is 10.3. The lowest BCUT2D eigenvalue weighted by atomic mass is 9.82. The number of piperazine rings is 1. The largest absolute Gasteiger partial charge is 0.415 e. The Bertz CT molecular complexity index is 1290. The third-order valence-electron chi connectivity index (χ3n) is 6.94. The minimum Gasteiger partial charge on any atom is -0.415 e. The highest BCUT2D eigenvalue weighted by Crippen LogP contribution is 2.30. The van der Waals surface area contributed by atoms with E-state index in [4.69, 9.17) is 4.42 Å². The van der Waals surface area contributed by atoms with Crippen LogP contribution >= 0.6 is 0 Å². The second-order valence-corrected chi connectivity index (χ2v) is 10.3. The number of aromatic nitrogens is 3. The number of aldehydes is 1. The molecular weight excluding hydrogens is 506 g/mol.